The minimum atomic E-state index is -1.08. The van der Waals surface area contributed by atoms with E-state index in [-0.39, 0.29) is 17.3 Å². The third kappa shape index (κ3) is 2.48. The summed E-state index contributed by atoms with van der Waals surface area (Å²) in [5.41, 5.74) is 1.82. The average Bonchev–Trinajstić information content (AvgIpc) is 2.27. The van der Waals surface area contributed by atoms with Gasteiger partial charge in [-0.05, 0) is 18.7 Å². The number of aromatic nitrogens is 1. The van der Waals surface area contributed by atoms with E-state index < -0.39 is 5.97 Å². The molecule has 2 N–H and O–H groups in total. The first-order valence-corrected chi connectivity index (χ1v) is 5.69. The van der Waals surface area contributed by atoms with Gasteiger partial charge in [0.05, 0.1) is 0 Å². The van der Waals surface area contributed by atoms with Gasteiger partial charge < -0.3 is 15.3 Å². The molecule has 2 heterocycles. The molecule has 0 unspecified atom stereocenters. The number of nitrogens with one attached hydrogen (secondary N) is 1. The summed E-state index contributed by atoms with van der Waals surface area (Å²) >= 11 is 0. The van der Waals surface area contributed by atoms with Crippen LogP contribution in [0.15, 0.2) is 6.07 Å². The first kappa shape index (κ1) is 12.5. The fourth-order valence-corrected chi connectivity index (χ4v) is 2.04. The summed E-state index contributed by atoms with van der Waals surface area (Å²) in [4.78, 5) is 28.6. The predicted molar refractivity (Wildman–Crippen MR) is 65.5 cm³/mol. The number of amides is 1. The molecule has 0 saturated carbocycles. The van der Waals surface area contributed by atoms with Crippen LogP contribution in [0.3, 0.4) is 0 Å². The monoisotopic (exact) mass is 249 g/mol. The topological polar surface area (TPSA) is 82.5 Å². The van der Waals surface area contributed by atoms with Gasteiger partial charge >= 0.3 is 5.97 Å². The molecule has 1 amide bonds. The van der Waals surface area contributed by atoms with Crippen LogP contribution >= 0.6 is 0 Å². The van der Waals surface area contributed by atoms with Crippen molar-refractivity contribution < 1.29 is 14.7 Å². The van der Waals surface area contributed by atoms with Crippen molar-refractivity contribution >= 4 is 17.7 Å². The lowest BCUT2D eigenvalue weighted by atomic mass is 10.0. The molecule has 0 spiro atoms. The minimum Gasteiger partial charge on any atom is -0.478 e. The van der Waals surface area contributed by atoms with E-state index in [4.69, 9.17) is 5.11 Å². The molecule has 0 saturated heterocycles. The Hall–Kier alpha value is -1.95. The van der Waals surface area contributed by atoms with Gasteiger partial charge in [0.25, 0.3) is 0 Å². The van der Waals surface area contributed by atoms with Gasteiger partial charge in [0.2, 0.25) is 5.91 Å². The SMILES string of the molecule is CC(=O)Nc1nc2c(cc1C(=O)O)CN(C)CC2. The van der Waals surface area contributed by atoms with Crippen LogP contribution in [0.2, 0.25) is 0 Å². The lowest BCUT2D eigenvalue weighted by molar-refractivity contribution is -0.114. The van der Waals surface area contributed by atoms with E-state index in [1.54, 1.807) is 6.07 Å². The van der Waals surface area contributed by atoms with E-state index >= 15 is 0 Å². The van der Waals surface area contributed by atoms with Gasteiger partial charge in [0, 0.05) is 32.1 Å². The van der Waals surface area contributed by atoms with Gasteiger partial charge in [-0.3, -0.25) is 4.79 Å². The highest BCUT2D eigenvalue weighted by Gasteiger charge is 2.21. The normalized spacial score (nSPS) is 15.0. The first-order valence-electron chi connectivity index (χ1n) is 5.69. The molecule has 2 rings (SSSR count). The summed E-state index contributed by atoms with van der Waals surface area (Å²) in [6.07, 6.45) is 0.762. The van der Waals surface area contributed by atoms with Crippen LogP contribution in [0.25, 0.3) is 0 Å². The quantitative estimate of drug-likeness (QED) is 0.807. The molecule has 0 atom stereocenters. The Morgan fingerprint density at radius 1 is 1.50 bits per heavy atom. The van der Waals surface area contributed by atoms with Crippen molar-refractivity contribution in [1.82, 2.24) is 9.88 Å². The van der Waals surface area contributed by atoms with Crippen molar-refractivity contribution in [3.63, 3.8) is 0 Å². The summed E-state index contributed by atoms with van der Waals surface area (Å²) < 4.78 is 0. The second-order valence-corrected chi connectivity index (χ2v) is 4.46. The fraction of sp³-hybridized carbons (Fsp3) is 0.417. The van der Waals surface area contributed by atoms with Gasteiger partial charge in [-0.25, -0.2) is 9.78 Å². The zero-order valence-electron chi connectivity index (χ0n) is 10.4. The average molecular weight is 249 g/mol. The summed E-state index contributed by atoms with van der Waals surface area (Å²) in [6.45, 7) is 2.90. The molecule has 96 valence electrons. The zero-order valence-corrected chi connectivity index (χ0v) is 10.4. The van der Waals surface area contributed by atoms with E-state index in [0.717, 1.165) is 24.2 Å². The molecule has 1 aromatic heterocycles. The van der Waals surface area contributed by atoms with E-state index in [0.29, 0.717) is 6.54 Å². The predicted octanol–water partition coefficient (Wildman–Crippen LogP) is 0.726. The number of anilines is 1. The minimum absolute atomic E-state index is 0.0410. The zero-order chi connectivity index (χ0) is 13.3. The van der Waals surface area contributed by atoms with Crippen LogP contribution < -0.4 is 5.32 Å². The molecule has 0 radical (unpaired) electrons. The van der Waals surface area contributed by atoms with Crippen LogP contribution in [-0.2, 0) is 17.8 Å². The summed E-state index contributed by atoms with van der Waals surface area (Å²) in [7, 11) is 1.98. The molecule has 18 heavy (non-hydrogen) atoms. The molecule has 6 nitrogen and oxygen atoms in total. The lowest BCUT2D eigenvalue weighted by Crippen LogP contribution is -2.28. The Bertz CT molecular complexity index is 514. The number of carbonyl (C=O) groups is 2. The number of fused-ring (bicyclic) bond motifs is 1. The van der Waals surface area contributed by atoms with Crippen molar-refractivity contribution in [3.05, 3.63) is 22.9 Å². The van der Waals surface area contributed by atoms with Crippen molar-refractivity contribution in [2.45, 2.75) is 19.9 Å². The number of carboxylic acid groups (broad SMARTS) is 1. The van der Waals surface area contributed by atoms with E-state index in [2.05, 4.69) is 15.2 Å². The van der Waals surface area contributed by atoms with E-state index in [1.807, 2.05) is 7.05 Å². The second kappa shape index (κ2) is 4.73. The van der Waals surface area contributed by atoms with Gasteiger partial charge in [0.1, 0.15) is 11.4 Å². The highest BCUT2D eigenvalue weighted by molar-refractivity contribution is 5.98. The van der Waals surface area contributed by atoms with Gasteiger partial charge in [-0.1, -0.05) is 0 Å². The number of nitrogens with zero attached hydrogens (tertiary/aromatic N) is 2. The number of pyridine rings is 1. The van der Waals surface area contributed by atoms with Crippen molar-refractivity contribution in [1.29, 1.82) is 0 Å². The van der Waals surface area contributed by atoms with Crippen molar-refractivity contribution in [2.75, 3.05) is 18.9 Å². The Labute approximate surface area is 105 Å². The maximum absolute atomic E-state index is 11.2. The highest BCUT2D eigenvalue weighted by Crippen LogP contribution is 2.22. The standard InChI is InChI=1S/C12H15N3O3/c1-7(16)13-11-9(12(17)18)5-8-6-15(2)4-3-10(8)14-11/h5H,3-4,6H2,1-2H3,(H,17,18)(H,13,14,16). The largest absolute Gasteiger partial charge is 0.478 e. The number of carboxylic acids is 1. The van der Waals surface area contributed by atoms with Crippen molar-refractivity contribution in [2.24, 2.45) is 0 Å². The Morgan fingerprint density at radius 3 is 2.83 bits per heavy atom. The van der Waals surface area contributed by atoms with Crippen LogP contribution in [0.4, 0.5) is 5.82 Å². The molecule has 0 aliphatic carbocycles. The molecule has 1 aromatic rings. The summed E-state index contributed by atoms with van der Waals surface area (Å²) in [5.74, 6) is -1.27. The number of likely N-dealkylation sites (N-methyl/N-ethyl adjacent to an activating group) is 1. The number of rotatable bonds is 2. The third-order valence-corrected chi connectivity index (χ3v) is 2.89. The summed E-state index contributed by atoms with van der Waals surface area (Å²) in [5, 5.41) is 11.6. The Balaban J connectivity index is 2.46. The molecule has 6 heteroatoms. The highest BCUT2D eigenvalue weighted by atomic mass is 16.4. The third-order valence-electron chi connectivity index (χ3n) is 2.89. The molecular formula is C12H15N3O3. The molecule has 1 aliphatic heterocycles. The Kier molecular flexibility index (Phi) is 3.29. The number of hydrogen-bond acceptors (Lipinski definition) is 4. The maximum Gasteiger partial charge on any atom is 0.339 e. The Morgan fingerprint density at radius 2 is 2.22 bits per heavy atom. The van der Waals surface area contributed by atoms with E-state index in [9.17, 15) is 9.59 Å². The molecule has 0 fully saturated rings. The fourth-order valence-electron chi connectivity index (χ4n) is 2.04. The number of hydrogen-bond donors (Lipinski definition) is 2. The van der Waals surface area contributed by atoms with Gasteiger partial charge in [-0.15, -0.1) is 0 Å². The molecule has 0 aromatic carbocycles. The summed E-state index contributed by atoms with van der Waals surface area (Å²) in [6, 6.07) is 1.60. The van der Waals surface area contributed by atoms with Gasteiger partial charge in [0.15, 0.2) is 0 Å². The molecular weight excluding hydrogens is 234 g/mol. The maximum atomic E-state index is 11.2. The molecule has 1 aliphatic rings. The number of aromatic carboxylic acids is 1. The van der Waals surface area contributed by atoms with Crippen LogP contribution in [0.1, 0.15) is 28.5 Å². The smallest absolute Gasteiger partial charge is 0.339 e. The van der Waals surface area contributed by atoms with Crippen LogP contribution in [0, 0.1) is 0 Å². The van der Waals surface area contributed by atoms with Crippen LogP contribution in [-0.4, -0.2) is 40.5 Å². The first-order chi connectivity index (χ1) is 8.47. The van der Waals surface area contributed by atoms with E-state index in [1.165, 1.54) is 6.92 Å². The van der Waals surface area contributed by atoms with Gasteiger partial charge in [-0.2, -0.15) is 0 Å². The molecule has 0 bridgehead atoms. The second-order valence-electron chi connectivity index (χ2n) is 4.46. The van der Waals surface area contributed by atoms with Crippen molar-refractivity contribution in [3.8, 4) is 0 Å². The lowest BCUT2D eigenvalue weighted by Gasteiger charge is -2.25. The number of carbonyl (C=O) groups excluding carboxylic acids is 1. The van der Waals surface area contributed by atoms with Crippen LogP contribution in [0.5, 0.6) is 0 Å².